The van der Waals surface area contributed by atoms with Crippen molar-refractivity contribution in [3.05, 3.63) is 27.3 Å². The summed E-state index contributed by atoms with van der Waals surface area (Å²) in [7, 11) is 0. The second-order valence-corrected chi connectivity index (χ2v) is 5.96. The van der Waals surface area contributed by atoms with Crippen LogP contribution in [0.5, 0.6) is 0 Å². The van der Waals surface area contributed by atoms with E-state index in [9.17, 15) is 14.4 Å². The van der Waals surface area contributed by atoms with Gasteiger partial charge in [0.1, 0.15) is 6.04 Å². The minimum atomic E-state index is -1.15. The van der Waals surface area contributed by atoms with Crippen LogP contribution in [-0.2, 0) is 4.79 Å². The number of anilines is 1. The number of carboxylic acids is 1. The third-order valence-corrected chi connectivity index (χ3v) is 3.39. The van der Waals surface area contributed by atoms with Gasteiger partial charge in [-0.2, -0.15) is 0 Å². The van der Waals surface area contributed by atoms with E-state index in [0.29, 0.717) is 0 Å². The summed E-state index contributed by atoms with van der Waals surface area (Å²) in [5.41, 5.74) is 5.19. The SMILES string of the molecule is CC(C)C(NC(N)=O)C(=O)Nc1ccc(I)cc1C(=O)O. The molecule has 3 amide bonds. The number of aromatic carboxylic acids is 1. The van der Waals surface area contributed by atoms with Gasteiger partial charge in [0.15, 0.2) is 0 Å². The monoisotopic (exact) mass is 405 g/mol. The zero-order valence-corrected chi connectivity index (χ0v) is 13.7. The fourth-order valence-corrected chi connectivity index (χ4v) is 2.19. The normalized spacial score (nSPS) is 11.8. The number of carbonyl (C=O) groups is 3. The van der Waals surface area contributed by atoms with E-state index in [1.165, 1.54) is 12.1 Å². The first-order chi connectivity index (χ1) is 9.72. The van der Waals surface area contributed by atoms with E-state index in [4.69, 9.17) is 10.8 Å². The number of rotatable bonds is 5. The van der Waals surface area contributed by atoms with Crippen molar-refractivity contribution in [1.29, 1.82) is 0 Å². The molecule has 0 aliphatic rings. The van der Waals surface area contributed by atoms with E-state index in [1.807, 2.05) is 22.6 Å². The van der Waals surface area contributed by atoms with Crippen molar-refractivity contribution in [2.24, 2.45) is 11.7 Å². The molecule has 0 aliphatic carbocycles. The van der Waals surface area contributed by atoms with Crippen molar-refractivity contribution in [1.82, 2.24) is 5.32 Å². The van der Waals surface area contributed by atoms with E-state index < -0.39 is 23.9 Å². The molecule has 21 heavy (non-hydrogen) atoms. The van der Waals surface area contributed by atoms with Gasteiger partial charge in [0.05, 0.1) is 11.3 Å². The molecule has 0 heterocycles. The van der Waals surface area contributed by atoms with Gasteiger partial charge >= 0.3 is 12.0 Å². The van der Waals surface area contributed by atoms with Gasteiger partial charge < -0.3 is 21.5 Å². The molecule has 1 aromatic carbocycles. The van der Waals surface area contributed by atoms with Crippen molar-refractivity contribution >= 4 is 46.2 Å². The fraction of sp³-hybridized carbons (Fsp3) is 0.308. The molecule has 0 fully saturated rings. The van der Waals surface area contributed by atoms with E-state index >= 15 is 0 Å². The number of benzene rings is 1. The molecule has 0 bridgehead atoms. The van der Waals surface area contributed by atoms with Gasteiger partial charge in [-0.25, -0.2) is 9.59 Å². The lowest BCUT2D eigenvalue weighted by Gasteiger charge is -2.21. The van der Waals surface area contributed by atoms with E-state index in [0.717, 1.165) is 3.57 Å². The van der Waals surface area contributed by atoms with Gasteiger partial charge in [-0.3, -0.25) is 4.79 Å². The number of halogens is 1. The molecular weight excluding hydrogens is 389 g/mol. The Hall–Kier alpha value is -1.84. The highest BCUT2D eigenvalue weighted by molar-refractivity contribution is 14.1. The highest BCUT2D eigenvalue weighted by Crippen LogP contribution is 2.19. The Balaban J connectivity index is 3.01. The number of nitrogens with one attached hydrogen (secondary N) is 2. The van der Waals surface area contributed by atoms with Crippen LogP contribution in [0, 0.1) is 9.49 Å². The minimum absolute atomic E-state index is 0.0168. The maximum absolute atomic E-state index is 12.2. The van der Waals surface area contributed by atoms with E-state index in [-0.39, 0.29) is 17.2 Å². The highest BCUT2D eigenvalue weighted by atomic mass is 127. The smallest absolute Gasteiger partial charge is 0.337 e. The van der Waals surface area contributed by atoms with Gasteiger partial charge in [-0.1, -0.05) is 13.8 Å². The van der Waals surface area contributed by atoms with Crippen molar-refractivity contribution in [3.8, 4) is 0 Å². The topological polar surface area (TPSA) is 122 Å². The minimum Gasteiger partial charge on any atom is -0.478 e. The maximum atomic E-state index is 12.2. The van der Waals surface area contributed by atoms with Crippen LogP contribution in [0.15, 0.2) is 18.2 Å². The molecule has 0 saturated heterocycles. The van der Waals surface area contributed by atoms with Gasteiger partial charge in [-0.15, -0.1) is 0 Å². The summed E-state index contributed by atoms with van der Waals surface area (Å²) in [5, 5.41) is 14.0. The Kier molecular flexibility index (Phi) is 5.94. The molecule has 1 rings (SSSR count). The molecule has 1 unspecified atom stereocenters. The van der Waals surface area contributed by atoms with Crippen LogP contribution in [0.3, 0.4) is 0 Å². The van der Waals surface area contributed by atoms with Crippen LogP contribution in [0.1, 0.15) is 24.2 Å². The van der Waals surface area contributed by atoms with Gasteiger partial charge in [0.2, 0.25) is 5.91 Å². The highest BCUT2D eigenvalue weighted by Gasteiger charge is 2.24. The van der Waals surface area contributed by atoms with E-state index in [1.54, 1.807) is 19.9 Å². The van der Waals surface area contributed by atoms with Gasteiger partial charge in [0, 0.05) is 3.57 Å². The number of carbonyl (C=O) groups excluding carboxylic acids is 2. The Labute approximate surface area is 135 Å². The zero-order chi connectivity index (χ0) is 16.2. The summed E-state index contributed by atoms with van der Waals surface area (Å²) in [6.45, 7) is 3.48. The number of hydrogen-bond acceptors (Lipinski definition) is 3. The number of carboxylic acid groups (broad SMARTS) is 1. The summed E-state index contributed by atoms with van der Waals surface area (Å²) in [4.78, 5) is 34.3. The summed E-state index contributed by atoms with van der Waals surface area (Å²) in [5.74, 6) is -1.87. The standard InChI is InChI=1S/C13H16IN3O4/c1-6(2)10(17-13(15)21)11(18)16-9-4-3-7(14)5-8(9)12(19)20/h3-6,10H,1-2H3,(H,16,18)(H,19,20)(H3,15,17,21). The summed E-state index contributed by atoms with van der Waals surface area (Å²) >= 11 is 1.98. The number of amides is 3. The molecule has 0 aliphatic heterocycles. The molecular formula is C13H16IN3O4. The van der Waals surface area contributed by atoms with Crippen LogP contribution in [0.25, 0.3) is 0 Å². The van der Waals surface area contributed by atoms with Gasteiger partial charge in [-0.05, 0) is 46.7 Å². The molecule has 0 aromatic heterocycles. The summed E-state index contributed by atoms with van der Waals surface area (Å²) in [6.07, 6.45) is 0. The van der Waals surface area contributed by atoms with Crippen molar-refractivity contribution in [2.75, 3.05) is 5.32 Å². The lowest BCUT2D eigenvalue weighted by molar-refractivity contribution is -0.118. The van der Waals surface area contributed by atoms with Crippen molar-refractivity contribution < 1.29 is 19.5 Å². The molecule has 114 valence electrons. The Morgan fingerprint density at radius 3 is 2.38 bits per heavy atom. The molecule has 0 spiro atoms. The number of primary amides is 1. The maximum Gasteiger partial charge on any atom is 0.337 e. The third kappa shape index (κ3) is 4.88. The van der Waals surface area contributed by atoms with Crippen LogP contribution in [-0.4, -0.2) is 29.1 Å². The lowest BCUT2D eigenvalue weighted by Crippen LogP contribution is -2.49. The zero-order valence-electron chi connectivity index (χ0n) is 11.5. The number of nitrogens with two attached hydrogens (primary N) is 1. The van der Waals surface area contributed by atoms with Gasteiger partial charge in [0.25, 0.3) is 0 Å². The quantitative estimate of drug-likeness (QED) is 0.557. The summed E-state index contributed by atoms with van der Waals surface area (Å²) in [6, 6.07) is 2.97. The second kappa shape index (κ2) is 7.25. The Morgan fingerprint density at radius 2 is 1.90 bits per heavy atom. The predicted octanol–water partition coefficient (Wildman–Crippen LogP) is 1.62. The predicted molar refractivity (Wildman–Crippen MR) is 86.1 cm³/mol. The Bertz CT molecular complexity index is 575. The van der Waals surface area contributed by atoms with Crippen LogP contribution in [0.4, 0.5) is 10.5 Å². The molecule has 0 radical (unpaired) electrons. The van der Waals surface area contributed by atoms with E-state index in [2.05, 4.69) is 10.6 Å². The van der Waals surface area contributed by atoms with Crippen LogP contribution < -0.4 is 16.4 Å². The second-order valence-electron chi connectivity index (χ2n) is 4.71. The molecule has 1 aromatic rings. The average Bonchev–Trinajstić information content (AvgIpc) is 2.37. The first-order valence-electron chi connectivity index (χ1n) is 6.12. The van der Waals surface area contributed by atoms with Crippen LogP contribution >= 0.6 is 22.6 Å². The Morgan fingerprint density at radius 1 is 1.29 bits per heavy atom. The van der Waals surface area contributed by atoms with Crippen LogP contribution in [0.2, 0.25) is 0 Å². The molecule has 8 heteroatoms. The molecule has 0 saturated carbocycles. The first kappa shape index (κ1) is 17.2. The fourth-order valence-electron chi connectivity index (χ4n) is 1.70. The largest absolute Gasteiger partial charge is 0.478 e. The molecule has 5 N–H and O–H groups in total. The molecule has 1 atom stereocenters. The van der Waals surface area contributed by atoms with Crippen molar-refractivity contribution in [3.63, 3.8) is 0 Å². The third-order valence-electron chi connectivity index (χ3n) is 2.72. The molecule has 7 nitrogen and oxygen atoms in total. The first-order valence-corrected chi connectivity index (χ1v) is 7.20. The lowest BCUT2D eigenvalue weighted by atomic mass is 10.0. The average molecular weight is 405 g/mol. The number of hydrogen-bond donors (Lipinski definition) is 4. The number of urea groups is 1. The summed E-state index contributed by atoms with van der Waals surface area (Å²) < 4.78 is 0.735. The van der Waals surface area contributed by atoms with Crippen molar-refractivity contribution in [2.45, 2.75) is 19.9 Å².